The van der Waals surface area contributed by atoms with Gasteiger partial charge in [-0.3, -0.25) is 0 Å². The number of aromatic nitrogens is 1. The van der Waals surface area contributed by atoms with E-state index < -0.39 is 0 Å². The lowest BCUT2D eigenvalue weighted by molar-refractivity contribution is 0.960. The standard InChI is InChI=1S/C28H21NPS/c1-16-18-9-5-4-8-17(18)14-23-25(16)27-26-20(12-13-29(27)2)28-21(15-24(26)31-23)19-10-6-7-11-22(19)30(28)3/h4-15H,1-3H3/q+1. The van der Waals surface area contributed by atoms with Crippen molar-refractivity contribution in [3.05, 3.63) is 78.5 Å². The molecule has 1 atom stereocenters. The molecule has 148 valence electrons. The summed E-state index contributed by atoms with van der Waals surface area (Å²) >= 11 is 1.95. The van der Waals surface area contributed by atoms with Gasteiger partial charge < -0.3 is 4.57 Å². The summed E-state index contributed by atoms with van der Waals surface area (Å²) in [4.78, 5) is 0. The third-order valence-corrected chi connectivity index (χ3v) is 10.3. The van der Waals surface area contributed by atoms with Crippen LogP contribution < -0.4 is 0 Å². The molecule has 0 radical (unpaired) electrons. The predicted molar refractivity (Wildman–Crippen MR) is 141 cm³/mol. The van der Waals surface area contributed by atoms with Crippen molar-refractivity contribution in [2.45, 2.75) is 6.92 Å². The minimum atomic E-state index is -0.334. The Morgan fingerprint density at radius 3 is 2.39 bits per heavy atom. The molecule has 0 N–H and O–H groups in total. The third-order valence-electron chi connectivity index (χ3n) is 6.98. The summed E-state index contributed by atoms with van der Waals surface area (Å²) in [7, 11) is 1.86. The number of benzene rings is 4. The molecule has 3 heteroatoms. The molecule has 7 aromatic rings. The van der Waals surface area contributed by atoms with Gasteiger partial charge in [0.2, 0.25) is 0 Å². The van der Waals surface area contributed by atoms with Gasteiger partial charge in [0.1, 0.15) is 14.2 Å². The van der Waals surface area contributed by atoms with Gasteiger partial charge in [-0.1, -0.05) is 36.4 Å². The highest BCUT2D eigenvalue weighted by Gasteiger charge is 2.24. The van der Waals surface area contributed by atoms with E-state index in [1.807, 2.05) is 11.3 Å². The van der Waals surface area contributed by atoms with Crippen molar-refractivity contribution in [1.29, 1.82) is 0 Å². The minimum Gasteiger partial charge on any atom is -0.350 e. The minimum absolute atomic E-state index is 0.334. The summed E-state index contributed by atoms with van der Waals surface area (Å²) in [6.45, 7) is 4.72. The van der Waals surface area contributed by atoms with E-state index in [1.165, 1.54) is 63.3 Å². The van der Waals surface area contributed by atoms with Crippen LogP contribution in [0.4, 0.5) is 0 Å². The van der Waals surface area contributed by atoms with Gasteiger partial charge in [0, 0.05) is 49.6 Å². The van der Waals surface area contributed by atoms with Crippen molar-refractivity contribution in [1.82, 2.24) is 4.57 Å². The molecule has 0 fully saturated rings. The van der Waals surface area contributed by atoms with Crippen LogP contribution in [-0.2, 0) is 13.7 Å². The molecule has 0 saturated heterocycles. The number of fused-ring (bicyclic) bond motifs is 7. The molecule has 1 unspecified atom stereocenters. The summed E-state index contributed by atoms with van der Waals surface area (Å²) in [5, 5.41) is 12.9. The van der Waals surface area contributed by atoms with Crippen LogP contribution in [0.25, 0.3) is 62.9 Å². The first-order valence-corrected chi connectivity index (χ1v) is 13.3. The van der Waals surface area contributed by atoms with Gasteiger partial charge >= 0.3 is 0 Å². The molecule has 0 aliphatic rings. The van der Waals surface area contributed by atoms with E-state index in [-0.39, 0.29) is 7.53 Å². The largest absolute Gasteiger partial charge is 0.350 e. The zero-order valence-corrected chi connectivity index (χ0v) is 19.4. The van der Waals surface area contributed by atoms with Gasteiger partial charge in [-0.15, -0.1) is 11.3 Å². The van der Waals surface area contributed by atoms with E-state index in [0.717, 1.165) is 0 Å². The van der Waals surface area contributed by atoms with Crippen LogP contribution in [0.1, 0.15) is 5.56 Å². The molecule has 1 nitrogen and oxygen atoms in total. The van der Waals surface area contributed by atoms with Gasteiger partial charge in [-0.2, -0.15) is 0 Å². The van der Waals surface area contributed by atoms with Crippen LogP contribution in [0.3, 0.4) is 0 Å². The maximum atomic E-state index is 2.48. The second-order valence-electron chi connectivity index (χ2n) is 8.61. The molecule has 0 bridgehead atoms. The van der Waals surface area contributed by atoms with E-state index in [1.54, 1.807) is 5.12 Å². The molecule has 3 heterocycles. The monoisotopic (exact) mass is 434 g/mol. The van der Waals surface area contributed by atoms with Gasteiger partial charge in [0.15, 0.2) is 10.2 Å². The van der Waals surface area contributed by atoms with Crippen LogP contribution in [0, 0.1) is 6.92 Å². The van der Waals surface area contributed by atoms with E-state index >= 15 is 0 Å². The van der Waals surface area contributed by atoms with Gasteiger partial charge in [0.25, 0.3) is 0 Å². The number of rotatable bonds is 0. The molecule has 4 aromatic carbocycles. The Bertz CT molecular complexity index is 1870. The van der Waals surface area contributed by atoms with Crippen LogP contribution in [0.15, 0.2) is 72.9 Å². The first kappa shape index (κ1) is 17.7. The Morgan fingerprint density at radius 2 is 1.52 bits per heavy atom. The molecule has 0 spiro atoms. The highest BCUT2D eigenvalue weighted by molar-refractivity contribution is 7.60. The Kier molecular flexibility index (Phi) is 3.47. The first-order valence-electron chi connectivity index (χ1n) is 10.7. The average molecular weight is 435 g/mol. The number of nitrogens with zero attached hydrogens (tertiary/aromatic N) is 1. The fraction of sp³-hybridized carbons (Fsp3) is 0.107. The third kappa shape index (κ3) is 2.19. The smallest absolute Gasteiger partial charge is 0.164 e. The van der Waals surface area contributed by atoms with Crippen LogP contribution >= 0.6 is 18.9 Å². The number of hydrogen-bond donors (Lipinski definition) is 0. The highest BCUT2D eigenvalue weighted by Crippen LogP contribution is 2.52. The van der Waals surface area contributed by atoms with E-state index in [4.69, 9.17) is 0 Å². The lowest BCUT2D eigenvalue weighted by Crippen LogP contribution is -1.96. The summed E-state index contributed by atoms with van der Waals surface area (Å²) in [6.07, 6.45) is 2.27. The predicted octanol–water partition coefficient (Wildman–Crippen LogP) is 9.12. The normalized spacial score (nSPS) is 12.9. The zero-order valence-electron chi connectivity index (χ0n) is 17.7. The Labute approximate surface area is 185 Å². The molecule has 0 amide bonds. The van der Waals surface area contributed by atoms with Crippen molar-refractivity contribution >= 4 is 81.7 Å². The maximum Gasteiger partial charge on any atom is 0.164 e. The Balaban J connectivity index is 1.84. The molecule has 0 saturated carbocycles. The second kappa shape index (κ2) is 6.07. The summed E-state index contributed by atoms with van der Waals surface area (Å²) < 4.78 is 5.09. The Morgan fingerprint density at radius 1 is 0.774 bits per heavy atom. The van der Waals surface area contributed by atoms with Gasteiger partial charge in [-0.25, -0.2) is 0 Å². The quantitative estimate of drug-likeness (QED) is 0.166. The highest BCUT2D eigenvalue weighted by atomic mass is 32.1. The van der Waals surface area contributed by atoms with Crippen molar-refractivity contribution < 1.29 is 0 Å². The molecule has 7 rings (SSSR count). The summed E-state index contributed by atoms with van der Waals surface area (Å²) in [5.41, 5.74) is 2.75. The second-order valence-corrected chi connectivity index (χ2v) is 11.7. The fourth-order valence-corrected chi connectivity index (χ4v) is 9.03. The van der Waals surface area contributed by atoms with Crippen molar-refractivity contribution in [3.8, 4) is 0 Å². The van der Waals surface area contributed by atoms with Crippen molar-refractivity contribution in [2.24, 2.45) is 13.7 Å². The first-order chi connectivity index (χ1) is 15.1. The molecular formula is C28H21NPS+. The number of hydrogen-bond acceptors (Lipinski definition) is 1. The Hall–Kier alpha value is -2.93. The number of aryl methyl sites for hydroxylation is 3. The van der Waals surface area contributed by atoms with Crippen LogP contribution in [0.5, 0.6) is 0 Å². The van der Waals surface area contributed by atoms with Crippen molar-refractivity contribution in [2.75, 3.05) is 0 Å². The van der Waals surface area contributed by atoms with Crippen LogP contribution in [-0.4, -0.2) is 4.57 Å². The fourth-order valence-electron chi connectivity index (χ4n) is 5.56. The van der Waals surface area contributed by atoms with Crippen LogP contribution in [0.2, 0.25) is 0 Å². The number of pyridine rings is 1. The van der Waals surface area contributed by atoms with Gasteiger partial charge in [-0.05, 0) is 53.6 Å². The lowest BCUT2D eigenvalue weighted by Gasteiger charge is -2.16. The molecule has 0 aliphatic carbocycles. The zero-order chi connectivity index (χ0) is 20.9. The SMILES string of the molecule is Cc1c2ccccc2cc2sc3cc4c5ccccc5[p+](C)c4c4ccn(C)c(c12)c34. The van der Waals surface area contributed by atoms with E-state index in [9.17, 15) is 0 Å². The summed E-state index contributed by atoms with van der Waals surface area (Å²) in [5.74, 6) is 0. The van der Waals surface area contributed by atoms with E-state index in [2.05, 4.69) is 98.1 Å². The lowest BCUT2D eigenvalue weighted by atomic mass is 9.98. The molecule has 0 aliphatic heterocycles. The topological polar surface area (TPSA) is 4.93 Å². The average Bonchev–Trinajstić information content (AvgIpc) is 3.07. The summed E-state index contributed by atoms with van der Waals surface area (Å²) in [6, 6.07) is 25.0. The van der Waals surface area contributed by atoms with E-state index in [0.29, 0.717) is 0 Å². The maximum absolute atomic E-state index is 2.48. The van der Waals surface area contributed by atoms with Crippen molar-refractivity contribution in [3.63, 3.8) is 0 Å². The molecule has 3 aromatic heterocycles. The molecular weight excluding hydrogens is 413 g/mol. The van der Waals surface area contributed by atoms with Gasteiger partial charge in [0.05, 0.1) is 5.52 Å². The molecule has 31 heavy (non-hydrogen) atoms.